The number of aliphatic hydroxyl groups is 1. The van der Waals surface area contributed by atoms with Gasteiger partial charge in [-0.05, 0) is 18.8 Å². The zero-order valence-corrected chi connectivity index (χ0v) is 10.5. The van der Waals surface area contributed by atoms with Crippen LogP contribution >= 0.6 is 0 Å². The molecule has 20 heavy (non-hydrogen) atoms. The molecular weight excluding hydrogens is 281 g/mol. The van der Waals surface area contributed by atoms with Gasteiger partial charge in [0.05, 0.1) is 12.1 Å². The predicted octanol–water partition coefficient (Wildman–Crippen LogP) is 2.93. The number of nitrogens with two attached hydrogens (primary N) is 1. The van der Waals surface area contributed by atoms with Gasteiger partial charge < -0.3 is 10.8 Å². The van der Waals surface area contributed by atoms with Crippen molar-refractivity contribution in [3.63, 3.8) is 0 Å². The minimum absolute atomic E-state index is 0.292. The highest BCUT2D eigenvalue weighted by atomic mass is 19.2. The number of benzene rings is 1. The van der Waals surface area contributed by atoms with Gasteiger partial charge >= 0.3 is 0 Å². The zero-order chi connectivity index (χ0) is 15.0. The van der Waals surface area contributed by atoms with E-state index >= 15 is 0 Å². The molecule has 1 aromatic carbocycles. The summed E-state index contributed by atoms with van der Waals surface area (Å²) in [6.07, 6.45) is 1.57. The Balaban J connectivity index is 2.41. The molecule has 1 aromatic rings. The van der Waals surface area contributed by atoms with Gasteiger partial charge in [-0.15, -0.1) is 0 Å². The molecule has 2 nitrogen and oxygen atoms in total. The molecular formula is C13H14F5NO. The van der Waals surface area contributed by atoms with E-state index in [4.69, 9.17) is 5.73 Å². The van der Waals surface area contributed by atoms with Gasteiger partial charge in [-0.1, -0.05) is 12.8 Å². The molecule has 1 aliphatic rings. The molecule has 7 heteroatoms. The minimum Gasteiger partial charge on any atom is -0.391 e. The molecule has 1 aliphatic carbocycles. The van der Waals surface area contributed by atoms with Crippen LogP contribution in [0.15, 0.2) is 0 Å². The maximum atomic E-state index is 13.6. The van der Waals surface area contributed by atoms with Gasteiger partial charge in [0.15, 0.2) is 23.3 Å². The summed E-state index contributed by atoms with van der Waals surface area (Å²) in [6.45, 7) is 0. The van der Waals surface area contributed by atoms with Crippen molar-refractivity contribution >= 4 is 0 Å². The third-order valence-electron chi connectivity index (χ3n) is 3.83. The first kappa shape index (κ1) is 15.2. The zero-order valence-electron chi connectivity index (χ0n) is 10.5. The van der Waals surface area contributed by atoms with E-state index in [1.807, 2.05) is 0 Å². The van der Waals surface area contributed by atoms with Crippen LogP contribution in [0.1, 0.15) is 37.3 Å². The maximum absolute atomic E-state index is 13.6. The van der Waals surface area contributed by atoms with Gasteiger partial charge in [0.25, 0.3) is 0 Å². The highest BCUT2D eigenvalue weighted by molar-refractivity contribution is 5.27. The average molecular weight is 295 g/mol. The average Bonchev–Trinajstić information content (AvgIpc) is 2.96. The van der Waals surface area contributed by atoms with Gasteiger partial charge in [-0.3, -0.25) is 0 Å². The highest BCUT2D eigenvalue weighted by Gasteiger charge is 2.35. The summed E-state index contributed by atoms with van der Waals surface area (Å²) in [5.41, 5.74) is 4.37. The Morgan fingerprint density at radius 1 is 0.850 bits per heavy atom. The summed E-state index contributed by atoms with van der Waals surface area (Å²) in [4.78, 5) is 0. The number of hydrogen-bond donors (Lipinski definition) is 2. The predicted molar refractivity (Wildman–Crippen MR) is 61.1 cm³/mol. The standard InChI is InChI=1S/C13H14F5NO/c14-7-6(8(15)10(17)11(18)9(7)16)12(19)13(20)5-3-1-2-4-5/h5,12-13,20H,1-4,19H2/t12-,13+/m0/s1. The van der Waals surface area contributed by atoms with E-state index in [1.165, 1.54) is 0 Å². The van der Waals surface area contributed by atoms with E-state index in [9.17, 15) is 27.1 Å². The molecule has 0 unspecified atom stereocenters. The van der Waals surface area contributed by atoms with Gasteiger partial charge in [-0.25, -0.2) is 22.0 Å². The van der Waals surface area contributed by atoms with Crippen molar-refractivity contribution in [1.82, 2.24) is 0 Å². The Kier molecular flexibility index (Phi) is 4.29. The Hall–Kier alpha value is -1.21. The van der Waals surface area contributed by atoms with E-state index < -0.39 is 46.8 Å². The normalized spacial score (nSPS) is 19.4. The van der Waals surface area contributed by atoms with E-state index in [1.54, 1.807) is 0 Å². The third kappa shape index (κ3) is 2.40. The first-order valence-corrected chi connectivity index (χ1v) is 6.31. The van der Waals surface area contributed by atoms with Crippen LogP contribution < -0.4 is 5.73 Å². The molecule has 0 aromatic heterocycles. The van der Waals surface area contributed by atoms with Crippen LogP contribution in [0.4, 0.5) is 22.0 Å². The fourth-order valence-electron chi connectivity index (χ4n) is 2.68. The van der Waals surface area contributed by atoms with Crippen LogP contribution in [0.5, 0.6) is 0 Å². The highest BCUT2D eigenvalue weighted by Crippen LogP contribution is 2.35. The fraction of sp³-hybridized carbons (Fsp3) is 0.538. The second-order valence-electron chi connectivity index (χ2n) is 5.04. The van der Waals surface area contributed by atoms with Crippen molar-refractivity contribution in [2.75, 3.05) is 0 Å². The molecule has 0 bridgehead atoms. The summed E-state index contributed by atoms with van der Waals surface area (Å²) in [6, 6.07) is -1.65. The van der Waals surface area contributed by atoms with E-state index in [0.717, 1.165) is 12.8 Å². The van der Waals surface area contributed by atoms with Crippen molar-refractivity contribution in [3.8, 4) is 0 Å². The van der Waals surface area contributed by atoms with E-state index in [2.05, 4.69) is 0 Å². The molecule has 112 valence electrons. The lowest BCUT2D eigenvalue weighted by Gasteiger charge is -2.25. The van der Waals surface area contributed by atoms with Crippen LogP contribution in [0.2, 0.25) is 0 Å². The molecule has 1 fully saturated rings. The molecule has 2 rings (SSSR count). The fourth-order valence-corrected chi connectivity index (χ4v) is 2.68. The Bertz CT molecular complexity index is 487. The summed E-state index contributed by atoms with van der Waals surface area (Å²) in [5, 5.41) is 9.97. The molecule has 0 aliphatic heterocycles. The molecule has 0 radical (unpaired) electrons. The smallest absolute Gasteiger partial charge is 0.200 e. The molecule has 1 saturated carbocycles. The van der Waals surface area contributed by atoms with E-state index in [0.29, 0.717) is 12.8 Å². The molecule has 0 amide bonds. The summed E-state index contributed by atoms with van der Waals surface area (Å²) in [5.74, 6) is -10.6. The van der Waals surface area contributed by atoms with Gasteiger partial charge in [0, 0.05) is 5.56 Å². The second-order valence-corrected chi connectivity index (χ2v) is 5.04. The van der Waals surface area contributed by atoms with Crippen LogP contribution in [0.3, 0.4) is 0 Å². The molecule has 0 saturated heterocycles. The number of rotatable bonds is 3. The summed E-state index contributed by atoms with van der Waals surface area (Å²) in [7, 11) is 0. The maximum Gasteiger partial charge on any atom is 0.200 e. The Labute approximate surface area is 112 Å². The van der Waals surface area contributed by atoms with Crippen LogP contribution in [-0.2, 0) is 0 Å². The minimum atomic E-state index is -2.23. The van der Waals surface area contributed by atoms with E-state index in [-0.39, 0.29) is 5.92 Å². The first-order valence-electron chi connectivity index (χ1n) is 6.31. The third-order valence-corrected chi connectivity index (χ3v) is 3.83. The van der Waals surface area contributed by atoms with Crippen LogP contribution in [0.25, 0.3) is 0 Å². The molecule has 3 N–H and O–H groups in total. The monoisotopic (exact) mass is 295 g/mol. The summed E-state index contributed by atoms with van der Waals surface area (Å²) >= 11 is 0. The quantitative estimate of drug-likeness (QED) is 0.511. The van der Waals surface area contributed by atoms with Crippen molar-refractivity contribution in [2.24, 2.45) is 11.7 Å². The molecule has 0 heterocycles. The van der Waals surface area contributed by atoms with Crippen LogP contribution in [0, 0.1) is 35.0 Å². The largest absolute Gasteiger partial charge is 0.391 e. The van der Waals surface area contributed by atoms with Gasteiger partial charge in [0.2, 0.25) is 5.82 Å². The van der Waals surface area contributed by atoms with Crippen molar-refractivity contribution < 1.29 is 27.1 Å². The lowest BCUT2D eigenvalue weighted by atomic mass is 9.90. The molecule has 0 spiro atoms. The van der Waals surface area contributed by atoms with Crippen molar-refractivity contribution in [3.05, 3.63) is 34.6 Å². The first-order chi connectivity index (χ1) is 9.36. The SMILES string of the molecule is N[C@@H](c1c(F)c(F)c(F)c(F)c1F)[C@H](O)C1CCCC1. The van der Waals surface area contributed by atoms with Gasteiger partial charge in [0.1, 0.15) is 0 Å². The van der Waals surface area contributed by atoms with Crippen molar-refractivity contribution in [2.45, 2.75) is 37.8 Å². The lowest BCUT2D eigenvalue weighted by Crippen LogP contribution is -2.34. The Morgan fingerprint density at radius 2 is 1.25 bits per heavy atom. The Morgan fingerprint density at radius 3 is 1.70 bits per heavy atom. The number of aliphatic hydroxyl groups excluding tert-OH is 1. The summed E-state index contributed by atoms with van der Waals surface area (Å²) < 4.78 is 66.3. The number of hydrogen-bond acceptors (Lipinski definition) is 2. The lowest BCUT2D eigenvalue weighted by molar-refractivity contribution is 0.0811. The second kappa shape index (κ2) is 5.65. The van der Waals surface area contributed by atoms with Crippen LogP contribution in [-0.4, -0.2) is 11.2 Å². The van der Waals surface area contributed by atoms with Crippen molar-refractivity contribution in [1.29, 1.82) is 0 Å². The molecule has 2 atom stereocenters. The number of halogens is 5. The topological polar surface area (TPSA) is 46.2 Å². The van der Waals surface area contributed by atoms with Gasteiger partial charge in [-0.2, -0.15) is 0 Å².